The molecule has 1 aliphatic heterocycles. The zero-order valence-corrected chi connectivity index (χ0v) is 11.9. The van der Waals surface area contributed by atoms with Gasteiger partial charge in [-0.25, -0.2) is 4.98 Å². The van der Waals surface area contributed by atoms with E-state index >= 15 is 0 Å². The van der Waals surface area contributed by atoms with Gasteiger partial charge in [0.15, 0.2) is 0 Å². The summed E-state index contributed by atoms with van der Waals surface area (Å²) in [5.41, 5.74) is 1.21. The van der Waals surface area contributed by atoms with Gasteiger partial charge in [0, 0.05) is 23.9 Å². The third-order valence-corrected chi connectivity index (χ3v) is 4.38. The molecule has 2 rings (SSSR count). The van der Waals surface area contributed by atoms with E-state index in [0.29, 0.717) is 12.0 Å². The SMILES string of the molecule is CC(C)NCc1csc(C2CCN(C)CC2)n1. The fourth-order valence-corrected chi connectivity index (χ4v) is 3.15. The molecule has 0 atom stereocenters. The van der Waals surface area contributed by atoms with E-state index in [2.05, 4.69) is 36.5 Å². The van der Waals surface area contributed by atoms with E-state index in [1.54, 1.807) is 0 Å². The fraction of sp³-hybridized carbons (Fsp3) is 0.769. The van der Waals surface area contributed by atoms with E-state index in [4.69, 9.17) is 4.98 Å². The van der Waals surface area contributed by atoms with Crippen LogP contribution in [0.1, 0.15) is 43.3 Å². The predicted octanol–water partition coefficient (Wildman–Crippen LogP) is 2.45. The third kappa shape index (κ3) is 3.76. The van der Waals surface area contributed by atoms with Crippen molar-refractivity contribution in [2.45, 2.75) is 45.2 Å². The molecule has 96 valence electrons. The van der Waals surface area contributed by atoms with Gasteiger partial charge in [0.05, 0.1) is 10.7 Å². The lowest BCUT2D eigenvalue weighted by molar-refractivity contribution is 0.255. The summed E-state index contributed by atoms with van der Waals surface area (Å²) in [6, 6.07) is 0.531. The molecule has 1 aliphatic rings. The van der Waals surface area contributed by atoms with E-state index in [0.717, 1.165) is 6.54 Å². The number of hydrogen-bond donors (Lipinski definition) is 1. The van der Waals surface area contributed by atoms with Crippen LogP contribution in [-0.2, 0) is 6.54 Å². The van der Waals surface area contributed by atoms with Gasteiger partial charge in [0.25, 0.3) is 0 Å². The molecule has 1 N–H and O–H groups in total. The Morgan fingerprint density at radius 2 is 2.18 bits per heavy atom. The van der Waals surface area contributed by atoms with Gasteiger partial charge in [-0.05, 0) is 33.0 Å². The van der Waals surface area contributed by atoms with Crippen molar-refractivity contribution in [1.82, 2.24) is 15.2 Å². The molecule has 3 nitrogen and oxygen atoms in total. The van der Waals surface area contributed by atoms with Crippen LogP contribution in [0, 0.1) is 0 Å². The Morgan fingerprint density at radius 1 is 1.47 bits per heavy atom. The number of likely N-dealkylation sites (tertiary alicyclic amines) is 1. The molecule has 1 fully saturated rings. The van der Waals surface area contributed by atoms with Gasteiger partial charge in [0.1, 0.15) is 0 Å². The normalized spacial score (nSPS) is 19.1. The van der Waals surface area contributed by atoms with Crippen LogP contribution in [-0.4, -0.2) is 36.1 Å². The smallest absolute Gasteiger partial charge is 0.0960 e. The number of thiazole rings is 1. The van der Waals surface area contributed by atoms with Gasteiger partial charge < -0.3 is 10.2 Å². The molecule has 1 saturated heterocycles. The molecule has 0 amide bonds. The van der Waals surface area contributed by atoms with Crippen LogP contribution in [0.5, 0.6) is 0 Å². The molecular formula is C13H23N3S. The third-order valence-electron chi connectivity index (χ3n) is 3.33. The molecule has 0 radical (unpaired) electrons. The van der Waals surface area contributed by atoms with Gasteiger partial charge >= 0.3 is 0 Å². The van der Waals surface area contributed by atoms with Crippen molar-refractivity contribution in [3.63, 3.8) is 0 Å². The Kier molecular flexibility index (Phi) is 4.54. The summed E-state index contributed by atoms with van der Waals surface area (Å²) in [6.45, 7) is 7.67. The number of nitrogens with zero attached hydrogens (tertiary/aromatic N) is 2. The molecule has 1 aromatic rings. The molecule has 0 saturated carbocycles. The lowest BCUT2D eigenvalue weighted by atomic mass is 9.98. The molecule has 0 unspecified atom stereocenters. The highest BCUT2D eigenvalue weighted by Crippen LogP contribution is 2.29. The number of rotatable bonds is 4. The largest absolute Gasteiger partial charge is 0.309 e. The average molecular weight is 253 g/mol. The van der Waals surface area contributed by atoms with Gasteiger partial charge in [-0.1, -0.05) is 13.8 Å². The lowest BCUT2D eigenvalue weighted by Crippen LogP contribution is -2.29. The van der Waals surface area contributed by atoms with Crippen LogP contribution in [0.15, 0.2) is 5.38 Å². The first-order valence-electron chi connectivity index (χ1n) is 6.51. The lowest BCUT2D eigenvalue weighted by Gasteiger charge is -2.27. The minimum atomic E-state index is 0.531. The summed E-state index contributed by atoms with van der Waals surface area (Å²) in [6.07, 6.45) is 2.53. The molecule has 1 aromatic heterocycles. The number of piperidine rings is 1. The van der Waals surface area contributed by atoms with Crippen molar-refractivity contribution in [3.05, 3.63) is 16.1 Å². The van der Waals surface area contributed by atoms with Crippen molar-refractivity contribution in [2.75, 3.05) is 20.1 Å². The van der Waals surface area contributed by atoms with Gasteiger partial charge in [-0.15, -0.1) is 11.3 Å². The van der Waals surface area contributed by atoms with Crippen molar-refractivity contribution >= 4 is 11.3 Å². The highest BCUT2D eigenvalue weighted by Gasteiger charge is 2.20. The Hall–Kier alpha value is -0.450. The second-order valence-electron chi connectivity index (χ2n) is 5.29. The fourth-order valence-electron chi connectivity index (χ4n) is 2.16. The number of nitrogens with one attached hydrogen (secondary N) is 1. The van der Waals surface area contributed by atoms with E-state index in [-0.39, 0.29) is 0 Å². The summed E-state index contributed by atoms with van der Waals surface area (Å²) in [5.74, 6) is 0.698. The molecule has 0 spiro atoms. The Morgan fingerprint density at radius 3 is 2.82 bits per heavy atom. The Bertz CT molecular complexity index is 340. The summed E-state index contributed by atoms with van der Waals surface area (Å²) in [4.78, 5) is 7.18. The zero-order chi connectivity index (χ0) is 12.3. The van der Waals surface area contributed by atoms with E-state index < -0.39 is 0 Å². The molecule has 4 heteroatoms. The Balaban J connectivity index is 1.89. The molecule has 0 aliphatic carbocycles. The second-order valence-corrected chi connectivity index (χ2v) is 6.18. The van der Waals surface area contributed by atoms with Gasteiger partial charge in [-0.2, -0.15) is 0 Å². The van der Waals surface area contributed by atoms with Gasteiger partial charge in [0.2, 0.25) is 0 Å². The van der Waals surface area contributed by atoms with Crippen LogP contribution in [0.3, 0.4) is 0 Å². The van der Waals surface area contributed by atoms with Crippen molar-refractivity contribution in [1.29, 1.82) is 0 Å². The standard InChI is InChI=1S/C13H23N3S/c1-10(2)14-8-12-9-17-13(15-12)11-4-6-16(3)7-5-11/h9-11,14H,4-8H2,1-3H3. The highest BCUT2D eigenvalue weighted by molar-refractivity contribution is 7.09. The quantitative estimate of drug-likeness (QED) is 0.893. The monoisotopic (exact) mass is 253 g/mol. The molecule has 0 bridgehead atoms. The van der Waals surface area contributed by atoms with Gasteiger partial charge in [-0.3, -0.25) is 0 Å². The van der Waals surface area contributed by atoms with E-state index in [1.165, 1.54) is 36.6 Å². The summed E-state index contributed by atoms with van der Waals surface area (Å²) < 4.78 is 0. The van der Waals surface area contributed by atoms with E-state index in [1.807, 2.05) is 11.3 Å². The first-order chi connectivity index (χ1) is 8.15. The first-order valence-corrected chi connectivity index (χ1v) is 7.39. The van der Waals surface area contributed by atoms with Crippen LogP contribution in [0.25, 0.3) is 0 Å². The molecule has 0 aromatic carbocycles. The van der Waals surface area contributed by atoms with Crippen molar-refractivity contribution in [3.8, 4) is 0 Å². The summed E-state index contributed by atoms with van der Waals surface area (Å²) in [5, 5.41) is 6.98. The molecule has 2 heterocycles. The minimum Gasteiger partial charge on any atom is -0.309 e. The highest BCUT2D eigenvalue weighted by atomic mass is 32.1. The maximum Gasteiger partial charge on any atom is 0.0960 e. The van der Waals surface area contributed by atoms with Crippen LogP contribution in [0.2, 0.25) is 0 Å². The predicted molar refractivity (Wildman–Crippen MR) is 73.6 cm³/mol. The number of hydrogen-bond acceptors (Lipinski definition) is 4. The first kappa shape index (κ1) is 13.0. The second kappa shape index (κ2) is 5.94. The maximum atomic E-state index is 4.77. The summed E-state index contributed by atoms with van der Waals surface area (Å²) in [7, 11) is 2.20. The topological polar surface area (TPSA) is 28.2 Å². The average Bonchev–Trinajstić information content (AvgIpc) is 2.76. The van der Waals surface area contributed by atoms with Crippen LogP contribution >= 0.6 is 11.3 Å². The summed E-state index contributed by atoms with van der Waals surface area (Å²) >= 11 is 1.84. The molecule has 17 heavy (non-hydrogen) atoms. The molecular weight excluding hydrogens is 230 g/mol. The zero-order valence-electron chi connectivity index (χ0n) is 11.1. The minimum absolute atomic E-state index is 0.531. The van der Waals surface area contributed by atoms with Crippen LogP contribution in [0.4, 0.5) is 0 Å². The van der Waals surface area contributed by atoms with Crippen molar-refractivity contribution in [2.24, 2.45) is 0 Å². The van der Waals surface area contributed by atoms with E-state index in [9.17, 15) is 0 Å². The number of aromatic nitrogens is 1. The maximum absolute atomic E-state index is 4.77. The van der Waals surface area contributed by atoms with Crippen LogP contribution < -0.4 is 5.32 Å². The Labute approximate surface area is 108 Å². The van der Waals surface area contributed by atoms with Crippen molar-refractivity contribution < 1.29 is 0 Å².